The first-order valence-electron chi connectivity index (χ1n) is 10.6. The van der Waals surface area contributed by atoms with Gasteiger partial charge in [-0.25, -0.2) is 4.79 Å². The second-order valence-corrected chi connectivity index (χ2v) is 7.77. The molecular weight excluding hydrogens is 422 g/mol. The van der Waals surface area contributed by atoms with Crippen LogP contribution in [0.4, 0.5) is 16.2 Å². The van der Waals surface area contributed by atoms with Crippen LogP contribution in [0.2, 0.25) is 0 Å². The number of amides is 2. The highest BCUT2D eigenvalue weighted by Crippen LogP contribution is 2.36. The Labute approximate surface area is 187 Å². The van der Waals surface area contributed by atoms with E-state index >= 15 is 0 Å². The van der Waals surface area contributed by atoms with E-state index in [0.29, 0.717) is 50.4 Å². The van der Waals surface area contributed by atoms with Gasteiger partial charge >= 0.3 is 6.09 Å². The number of hydrogen-bond donors (Lipinski definition) is 3. The minimum Gasteiger partial charge on any atom is -0.506 e. The van der Waals surface area contributed by atoms with Crippen LogP contribution in [0.5, 0.6) is 5.75 Å². The van der Waals surface area contributed by atoms with E-state index in [9.17, 15) is 14.7 Å². The Kier molecular flexibility index (Phi) is 8.44. The maximum atomic E-state index is 12.7. The maximum Gasteiger partial charge on any atom is 0.413 e. The number of ether oxygens (including phenoxy) is 3. The van der Waals surface area contributed by atoms with Crippen molar-refractivity contribution in [2.24, 2.45) is 0 Å². The fraction of sp³-hybridized carbons (Fsp3) is 0.571. The number of aromatic hydroxyl groups is 1. The lowest BCUT2D eigenvalue weighted by Crippen LogP contribution is -2.35. The number of rotatable bonds is 6. The molecule has 2 aliphatic rings. The molecule has 2 aliphatic heterocycles. The van der Waals surface area contributed by atoms with Crippen molar-refractivity contribution in [2.75, 3.05) is 36.6 Å². The van der Waals surface area contributed by atoms with Crippen LogP contribution in [0, 0.1) is 0 Å². The van der Waals surface area contributed by atoms with E-state index in [1.807, 2.05) is 0 Å². The average molecular weight is 452 g/mol. The highest BCUT2D eigenvalue weighted by molar-refractivity contribution is 7.80. The van der Waals surface area contributed by atoms with Gasteiger partial charge in [0.15, 0.2) is 11.4 Å². The van der Waals surface area contributed by atoms with E-state index in [1.165, 1.54) is 0 Å². The summed E-state index contributed by atoms with van der Waals surface area (Å²) in [6, 6.07) is 3.30. The predicted molar refractivity (Wildman–Crippen MR) is 119 cm³/mol. The molecule has 0 aromatic heterocycles. The van der Waals surface area contributed by atoms with Gasteiger partial charge in [-0.1, -0.05) is 0 Å². The first kappa shape index (κ1) is 23.2. The number of alkyl carbamates (subject to hydrolysis) is 1. The van der Waals surface area contributed by atoms with Crippen molar-refractivity contribution in [3.63, 3.8) is 0 Å². The Bertz CT molecular complexity index is 813. The lowest BCUT2D eigenvalue weighted by Gasteiger charge is -2.27. The summed E-state index contributed by atoms with van der Waals surface area (Å²) in [6.45, 7) is 3.34. The molecule has 3 rings (SSSR count). The normalized spacial score (nSPS) is 18.7. The number of benzene rings is 1. The van der Waals surface area contributed by atoms with Crippen molar-refractivity contribution in [3.05, 3.63) is 17.7 Å². The fourth-order valence-corrected chi connectivity index (χ4v) is 3.84. The predicted octanol–water partition coefficient (Wildman–Crippen LogP) is 3.05. The summed E-state index contributed by atoms with van der Waals surface area (Å²) < 4.78 is 16.2. The number of carbonyl (C=O) groups excluding carboxylic acids is 2. The molecule has 0 aliphatic carbocycles. The first-order valence-corrected chi connectivity index (χ1v) is 11.0. The summed E-state index contributed by atoms with van der Waals surface area (Å²) in [4.78, 5) is 25.8. The van der Waals surface area contributed by atoms with Crippen LogP contribution in [0.1, 0.15) is 44.6 Å². The molecule has 1 fully saturated rings. The smallest absolute Gasteiger partial charge is 0.413 e. The zero-order valence-electron chi connectivity index (χ0n) is 17.6. The summed E-state index contributed by atoms with van der Waals surface area (Å²) in [6.07, 6.45) is 3.89. The Hall–Kier alpha value is -2.43. The van der Waals surface area contributed by atoms with Crippen LogP contribution in [0.25, 0.3) is 0 Å². The van der Waals surface area contributed by atoms with Gasteiger partial charge < -0.3 is 29.5 Å². The first-order chi connectivity index (χ1) is 15.0. The minimum atomic E-state index is -0.673. The summed E-state index contributed by atoms with van der Waals surface area (Å²) in [5.74, 6) is -0.0884. The summed E-state index contributed by atoms with van der Waals surface area (Å²) in [7, 11) is 0. The van der Waals surface area contributed by atoms with Crippen LogP contribution < -0.4 is 15.5 Å². The zero-order valence-corrected chi connectivity index (χ0v) is 18.5. The van der Waals surface area contributed by atoms with E-state index in [0.717, 1.165) is 24.8 Å². The second kappa shape index (κ2) is 11.3. The number of hydrogen-bond acceptors (Lipinski definition) is 7. The van der Waals surface area contributed by atoms with Crippen molar-refractivity contribution in [2.45, 2.75) is 51.7 Å². The number of aryl methyl sites for hydroxylation is 1. The van der Waals surface area contributed by atoms with Crippen molar-refractivity contribution in [1.82, 2.24) is 5.32 Å². The third-order valence-corrected chi connectivity index (χ3v) is 5.33. The molecule has 2 amide bonds. The standard InChI is InChI=1S/C21H29N3O6S/c1-2-28-21(27)23-20(31)22-15-12-14-6-5-7-18(26)24(16(14)13-17(15)25)9-11-30-19-8-3-4-10-29-19/h12-13,19,25H,2-11H2,1H3,(H2,22,23,27,31). The van der Waals surface area contributed by atoms with Gasteiger partial charge in [-0.2, -0.15) is 0 Å². The van der Waals surface area contributed by atoms with E-state index in [-0.39, 0.29) is 29.7 Å². The third-order valence-electron chi connectivity index (χ3n) is 5.12. The van der Waals surface area contributed by atoms with Crippen molar-refractivity contribution in [3.8, 4) is 5.75 Å². The number of nitrogens with zero attached hydrogens (tertiary/aromatic N) is 1. The maximum absolute atomic E-state index is 12.7. The van der Waals surface area contributed by atoms with Crippen LogP contribution in [-0.4, -0.2) is 54.9 Å². The molecule has 0 bridgehead atoms. The Morgan fingerprint density at radius 2 is 2.16 bits per heavy atom. The fourth-order valence-electron chi connectivity index (χ4n) is 3.65. The van der Waals surface area contributed by atoms with E-state index in [4.69, 9.17) is 26.4 Å². The topological polar surface area (TPSA) is 109 Å². The number of anilines is 2. The Morgan fingerprint density at radius 3 is 2.90 bits per heavy atom. The van der Waals surface area contributed by atoms with Crippen LogP contribution >= 0.6 is 12.2 Å². The van der Waals surface area contributed by atoms with Gasteiger partial charge in [0.05, 0.1) is 24.6 Å². The molecule has 10 heteroatoms. The van der Waals surface area contributed by atoms with Gasteiger partial charge in [0.25, 0.3) is 0 Å². The average Bonchev–Trinajstić information content (AvgIpc) is 2.88. The molecule has 31 heavy (non-hydrogen) atoms. The third kappa shape index (κ3) is 6.52. The number of nitrogens with one attached hydrogen (secondary N) is 2. The molecule has 1 saturated heterocycles. The molecular formula is C21H29N3O6S. The molecule has 2 heterocycles. The lowest BCUT2D eigenvalue weighted by molar-refractivity contribution is -0.161. The monoisotopic (exact) mass is 451 g/mol. The molecule has 1 atom stereocenters. The minimum absolute atomic E-state index is 0.00785. The molecule has 1 aromatic carbocycles. The van der Waals surface area contributed by atoms with Gasteiger partial charge in [0, 0.05) is 25.6 Å². The number of phenols is 1. The number of fused-ring (bicyclic) bond motifs is 1. The molecule has 0 spiro atoms. The SMILES string of the molecule is CCOC(=O)NC(=S)Nc1cc2c(cc1O)N(CCOC1CCCCO1)C(=O)CCC2. The van der Waals surface area contributed by atoms with Crippen LogP contribution in [0.3, 0.4) is 0 Å². The highest BCUT2D eigenvalue weighted by Gasteiger charge is 2.25. The van der Waals surface area contributed by atoms with Crippen LogP contribution in [0.15, 0.2) is 12.1 Å². The molecule has 0 radical (unpaired) electrons. The molecule has 1 aromatic rings. The second-order valence-electron chi connectivity index (χ2n) is 7.36. The van der Waals surface area contributed by atoms with Crippen molar-refractivity contribution >= 4 is 40.7 Å². The van der Waals surface area contributed by atoms with Gasteiger partial charge in [-0.3, -0.25) is 10.1 Å². The van der Waals surface area contributed by atoms with E-state index in [1.54, 1.807) is 24.0 Å². The van der Waals surface area contributed by atoms with Gasteiger partial charge in [-0.05, 0) is 62.9 Å². The summed E-state index contributed by atoms with van der Waals surface area (Å²) >= 11 is 5.10. The van der Waals surface area contributed by atoms with Gasteiger partial charge in [0.2, 0.25) is 5.91 Å². The summed E-state index contributed by atoms with van der Waals surface area (Å²) in [5, 5.41) is 15.7. The van der Waals surface area contributed by atoms with Crippen molar-refractivity contribution < 1.29 is 28.9 Å². The Balaban J connectivity index is 1.68. The van der Waals surface area contributed by atoms with E-state index in [2.05, 4.69) is 10.6 Å². The molecule has 9 nitrogen and oxygen atoms in total. The largest absolute Gasteiger partial charge is 0.506 e. The van der Waals surface area contributed by atoms with E-state index < -0.39 is 6.09 Å². The molecule has 1 unspecified atom stereocenters. The van der Waals surface area contributed by atoms with Crippen molar-refractivity contribution in [1.29, 1.82) is 0 Å². The number of phenolic OH excluding ortho intramolecular Hbond substituents is 1. The number of thiocarbonyl (C=S) groups is 1. The van der Waals surface area contributed by atoms with Crippen LogP contribution in [-0.2, 0) is 25.4 Å². The van der Waals surface area contributed by atoms with Gasteiger partial charge in [0.1, 0.15) is 5.75 Å². The molecule has 3 N–H and O–H groups in total. The van der Waals surface area contributed by atoms with Gasteiger partial charge in [-0.15, -0.1) is 0 Å². The zero-order chi connectivity index (χ0) is 22.2. The quantitative estimate of drug-likeness (QED) is 0.447. The molecule has 0 saturated carbocycles. The highest BCUT2D eigenvalue weighted by atomic mass is 32.1. The Morgan fingerprint density at radius 1 is 1.32 bits per heavy atom. The number of carbonyl (C=O) groups is 2. The summed E-state index contributed by atoms with van der Waals surface area (Å²) in [5.41, 5.74) is 1.91. The lowest BCUT2D eigenvalue weighted by atomic mass is 10.1. The molecule has 170 valence electrons.